The van der Waals surface area contributed by atoms with Crippen LogP contribution in [-0.2, 0) is 11.2 Å². The molecule has 1 fully saturated rings. The normalized spacial score (nSPS) is 17.8. The number of piperidine rings is 1. The molecule has 3 rings (SSSR count). The number of aromatic nitrogens is 1. The van der Waals surface area contributed by atoms with Gasteiger partial charge in [-0.05, 0) is 36.6 Å². The second-order valence-electron chi connectivity index (χ2n) is 5.67. The molecule has 1 aromatic heterocycles. The molecule has 1 aliphatic rings. The number of hydrogen-bond donors (Lipinski definition) is 0. The number of pyridine rings is 1. The maximum absolute atomic E-state index is 13.7. The molecular weight excluding hydrogens is 295 g/mol. The summed E-state index contributed by atoms with van der Waals surface area (Å²) in [6.07, 6.45) is 5.22. The second kappa shape index (κ2) is 7.22. The fraction of sp³-hybridized carbons (Fsp3) is 0.333. The van der Waals surface area contributed by atoms with Gasteiger partial charge in [-0.1, -0.05) is 18.2 Å². The summed E-state index contributed by atoms with van der Waals surface area (Å²) in [5.74, 6) is 0.369. The minimum atomic E-state index is -0.331. The predicted molar refractivity (Wildman–Crippen MR) is 84.6 cm³/mol. The van der Waals surface area contributed by atoms with Crippen LogP contribution in [0.2, 0.25) is 0 Å². The first-order valence-corrected chi connectivity index (χ1v) is 7.80. The van der Waals surface area contributed by atoms with Crippen molar-refractivity contribution in [2.75, 3.05) is 13.1 Å². The molecule has 23 heavy (non-hydrogen) atoms. The molecule has 4 nitrogen and oxygen atoms in total. The van der Waals surface area contributed by atoms with E-state index in [9.17, 15) is 9.18 Å². The van der Waals surface area contributed by atoms with Crippen LogP contribution in [0, 0.1) is 5.82 Å². The Labute approximate surface area is 134 Å². The van der Waals surface area contributed by atoms with Crippen molar-refractivity contribution >= 4 is 5.91 Å². The summed E-state index contributed by atoms with van der Waals surface area (Å²) in [6.45, 7) is 1.24. The van der Waals surface area contributed by atoms with Crippen LogP contribution in [0.15, 0.2) is 48.8 Å². The molecule has 1 aromatic carbocycles. The molecule has 0 saturated carbocycles. The highest BCUT2D eigenvalue weighted by atomic mass is 19.1. The van der Waals surface area contributed by atoms with E-state index in [2.05, 4.69) is 4.98 Å². The monoisotopic (exact) mass is 314 g/mol. The van der Waals surface area contributed by atoms with Crippen LogP contribution in [0.4, 0.5) is 4.39 Å². The van der Waals surface area contributed by atoms with Crippen LogP contribution >= 0.6 is 0 Å². The number of halogens is 1. The van der Waals surface area contributed by atoms with E-state index in [1.807, 2.05) is 0 Å². The largest absolute Gasteiger partial charge is 0.488 e. The van der Waals surface area contributed by atoms with Gasteiger partial charge in [-0.25, -0.2) is 4.39 Å². The first-order chi connectivity index (χ1) is 11.2. The van der Waals surface area contributed by atoms with Gasteiger partial charge in [-0.2, -0.15) is 0 Å². The van der Waals surface area contributed by atoms with E-state index in [1.54, 1.807) is 47.6 Å². The molecule has 0 radical (unpaired) electrons. The maximum atomic E-state index is 13.7. The van der Waals surface area contributed by atoms with Crippen molar-refractivity contribution in [3.63, 3.8) is 0 Å². The average Bonchev–Trinajstić information content (AvgIpc) is 2.58. The minimum Gasteiger partial charge on any atom is -0.488 e. The van der Waals surface area contributed by atoms with Crippen molar-refractivity contribution in [2.24, 2.45) is 0 Å². The number of nitrogens with zero attached hydrogens (tertiary/aromatic N) is 2. The Kier molecular flexibility index (Phi) is 4.86. The third-order valence-electron chi connectivity index (χ3n) is 3.98. The first-order valence-electron chi connectivity index (χ1n) is 7.80. The van der Waals surface area contributed by atoms with Crippen LogP contribution in [0.1, 0.15) is 18.4 Å². The van der Waals surface area contributed by atoms with Gasteiger partial charge in [0.25, 0.3) is 0 Å². The van der Waals surface area contributed by atoms with Gasteiger partial charge >= 0.3 is 0 Å². The van der Waals surface area contributed by atoms with E-state index in [1.165, 1.54) is 6.07 Å². The molecule has 1 atom stereocenters. The highest BCUT2D eigenvalue weighted by Gasteiger charge is 2.25. The lowest BCUT2D eigenvalue weighted by molar-refractivity contribution is -0.133. The van der Waals surface area contributed by atoms with Gasteiger partial charge < -0.3 is 9.64 Å². The Bertz CT molecular complexity index is 663. The molecule has 1 saturated heterocycles. The lowest BCUT2D eigenvalue weighted by Gasteiger charge is -2.33. The summed E-state index contributed by atoms with van der Waals surface area (Å²) >= 11 is 0. The van der Waals surface area contributed by atoms with Gasteiger partial charge in [0.15, 0.2) is 0 Å². The number of likely N-dealkylation sites (tertiary alicyclic amines) is 1. The number of hydrogen-bond acceptors (Lipinski definition) is 3. The Hall–Kier alpha value is -2.43. The second-order valence-corrected chi connectivity index (χ2v) is 5.67. The van der Waals surface area contributed by atoms with E-state index in [-0.39, 0.29) is 24.2 Å². The average molecular weight is 314 g/mol. The van der Waals surface area contributed by atoms with E-state index in [0.29, 0.717) is 18.7 Å². The molecule has 0 spiro atoms. The number of benzene rings is 1. The predicted octanol–water partition coefficient (Wildman–Crippen LogP) is 2.83. The highest BCUT2D eigenvalue weighted by molar-refractivity contribution is 5.79. The fourth-order valence-corrected chi connectivity index (χ4v) is 2.79. The summed E-state index contributed by atoms with van der Waals surface area (Å²) in [5, 5.41) is 0. The van der Waals surface area contributed by atoms with E-state index in [4.69, 9.17) is 4.74 Å². The SMILES string of the molecule is O=C(Cc1ccccc1F)N1CCC[C@H](Oc2ccncc2)C1. The van der Waals surface area contributed by atoms with Gasteiger partial charge in [0, 0.05) is 18.9 Å². The number of carbonyl (C=O) groups excluding carboxylic acids is 1. The first kappa shape index (κ1) is 15.5. The van der Waals surface area contributed by atoms with E-state index in [0.717, 1.165) is 18.6 Å². The third kappa shape index (κ3) is 4.06. The zero-order chi connectivity index (χ0) is 16.1. The molecule has 0 bridgehead atoms. The van der Waals surface area contributed by atoms with Crippen LogP contribution in [0.3, 0.4) is 0 Å². The Morgan fingerprint density at radius 1 is 1.26 bits per heavy atom. The lowest BCUT2D eigenvalue weighted by atomic mass is 10.1. The number of ether oxygens (including phenoxy) is 1. The number of rotatable bonds is 4. The Balaban J connectivity index is 1.59. The quantitative estimate of drug-likeness (QED) is 0.871. The summed E-state index contributed by atoms with van der Waals surface area (Å²) in [4.78, 5) is 18.1. The Morgan fingerprint density at radius 3 is 2.83 bits per heavy atom. The smallest absolute Gasteiger partial charge is 0.227 e. The van der Waals surface area contributed by atoms with Crippen molar-refractivity contribution in [2.45, 2.75) is 25.4 Å². The summed E-state index contributed by atoms with van der Waals surface area (Å²) in [5.41, 5.74) is 0.440. The minimum absolute atomic E-state index is 0.0317. The van der Waals surface area contributed by atoms with Crippen molar-refractivity contribution in [1.29, 1.82) is 0 Å². The number of carbonyl (C=O) groups is 1. The summed E-state index contributed by atoms with van der Waals surface area (Å²) in [6, 6.07) is 10.0. The van der Waals surface area contributed by atoms with Gasteiger partial charge in [0.1, 0.15) is 17.7 Å². The van der Waals surface area contributed by atoms with Crippen molar-refractivity contribution in [1.82, 2.24) is 9.88 Å². The molecule has 1 amide bonds. The Morgan fingerprint density at radius 2 is 2.04 bits per heavy atom. The highest BCUT2D eigenvalue weighted by Crippen LogP contribution is 2.19. The zero-order valence-corrected chi connectivity index (χ0v) is 12.8. The van der Waals surface area contributed by atoms with Gasteiger partial charge in [0.05, 0.1) is 13.0 Å². The van der Waals surface area contributed by atoms with Crippen molar-refractivity contribution in [3.8, 4) is 5.75 Å². The molecule has 0 aliphatic carbocycles. The summed E-state index contributed by atoms with van der Waals surface area (Å²) in [7, 11) is 0. The van der Waals surface area contributed by atoms with Gasteiger partial charge in [-0.15, -0.1) is 0 Å². The topological polar surface area (TPSA) is 42.4 Å². The lowest BCUT2D eigenvalue weighted by Crippen LogP contribution is -2.45. The third-order valence-corrected chi connectivity index (χ3v) is 3.98. The van der Waals surface area contributed by atoms with Crippen LogP contribution in [-0.4, -0.2) is 35.0 Å². The molecule has 120 valence electrons. The maximum Gasteiger partial charge on any atom is 0.227 e. The molecule has 5 heteroatoms. The fourth-order valence-electron chi connectivity index (χ4n) is 2.79. The molecule has 0 N–H and O–H groups in total. The standard InChI is InChI=1S/C18H19FN2O2/c19-17-6-2-1-4-14(17)12-18(22)21-11-3-5-16(13-21)23-15-7-9-20-10-8-15/h1-2,4,6-10,16H,3,5,11-13H2/t16-/m0/s1. The molecule has 2 heterocycles. The van der Waals surface area contributed by atoms with Crippen LogP contribution in [0.25, 0.3) is 0 Å². The van der Waals surface area contributed by atoms with Crippen molar-refractivity contribution < 1.29 is 13.9 Å². The zero-order valence-electron chi connectivity index (χ0n) is 12.8. The van der Waals surface area contributed by atoms with Crippen LogP contribution in [0.5, 0.6) is 5.75 Å². The molecular formula is C18H19FN2O2. The van der Waals surface area contributed by atoms with Crippen LogP contribution < -0.4 is 4.74 Å². The van der Waals surface area contributed by atoms with E-state index < -0.39 is 0 Å². The summed E-state index contributed by atoms with van der Waals surface area (Å²) < 4.78 is 19.6. The van der Waals surface area contributed by atoms with Gasteiger partial charge in [0.2, 0.25) is 5.91 Å². The molecule has 0 unspecified atom stereocenters. The van der Waals surface area contributed by atoms with Crippen molar-refractivity contribution in [3.05, 3.63) is 60.2 Å². The van der Waals surface area contributed by atoms with E-state index >= 15 is 0 Å². The van der Waals surface area contributed by atoms with Gasteiger partial charge in [-0.3, -0.25) is 9.78 Å². The molecule has 2 aromatic rings. The number of amides is 1. The molecule has 1 aliphatic heterocycles.